The number of aromatic carboxylic acids is 1. The normalized spacial score (nSPS) is 23.7. The Labute approximate surface area is 115 Å². The number of halogens is 1. The minimum atomic E-state index is -0.940. The molecule has 2 atom stereocenters. The predicted octanol–water partition coefficient (Wildman–Crippen LogP) is 4.10. The molecule has 1 aliphatic rings. The average Bonchev–Trinajstić information content (AvgIpc) is 2.31. The molecule has 1 fully saturated rings. The summed E-state index contributed by atoms with van der Waals surface area (Å²) in [5.74, 6) is 0.400. The van der Waals surface area contributed by atoms with Crippen LogP contribution in [0.3, 0.4) is 0 Å². The van der Waals surface area contributed by atoms with Crippen LogP contribution in [0.15, 0.2) is 22.7 Å². The van der Waals surface area contributed by atoms with Crippen LogP contribution in [0.25, 0.3) is 0 Å². The zero-order valence-corrected chi connectivity index (χ0v) is 11.9. The Morgan fingerprint density at radius 3 is 2.89 bits per heavy atom. The zero-order valence-electron chi connectivity index (χ0n) is 10.4. The first-order valence-electron chi connectivity index (χ1n) is 6.25. The molecule has 0 spiro atoms. The van der Waals surface area contributed by atoms with E-state index in [1.165, 1.54) is 12.8 Å². The molecule has 3 nitrogen and oxygen atoms in total. The molecule has 2 rings (SSSR count). The molecule has 1 saturated carbocycles. The summed E-state index contributed by atoms with van der Waals surface area (Å²) >= 11 is 3.23. The van der Waals surface area contributed by atoms with Crippen LogP contribution in [-0.2, 0) is 0 Å². The van der Waals surface area contributed by atoms with Crippen molar-refractivity contribution in [2.75, 3.05) is 0 Å². The second-order valence-corrected chi connectivity index (χ2v) is 5.81. The van der Waals surface area contributed by atoms with Crippen LogP contribution in [0.1, 0.15) is 43.0 Å². The van der Waals surface area contributed by atoms with Gasteiger partial charge in [0.1, 0.15) is 5.75 Å². The first-order chi connectivity index (χ1) is 8.56. The quantitative estimate of drug-likeness (QED) is 0.913. The molecule has 2 unspecified atom stereocenters. The van der Waals surface area contributed by atoms with E-state index in [1.807, 2.05) is 6.07 Å². The highest BCUT2D eigenvalue weighted by Crippen LogP contribution is 2.29. The van der Waals surface area contributed by atoms with Crippen molar-refractivity contribution >= 4 is 21.9 Å². The molecule has 1 aromatic carbocycles. The first-order valence-corrected chi connectivity index (χ1v) is 7.05. The molecule has 0 aliphatic heterocycles. The van der Waals surface area contributed by atoms with Gasteiger partial charge >= 0.3 is 5.97 Å². The molecule has 0 radical (unpaired) electrons. The highest BCUT2D eigenvalue weighted by Gasteiger charge is 2.20. The Bertz CT molecular complexity index is 445. The Kier molecular flexibility index (Phi) is 4.27. The van der Waals surface area contributed by atoms with Crippen LogP contribution < -0.4 is 4.74 Å². The van der Waals surface area contributed by atoms with Gasteiger partial charge in [-0.3, -0.25) is 0 Å². The lowest BCUT2D eigenvalue weighted by molar-refractivity contribution is 0.0694. The number of ether oxygens (including phenoxy) is 1. The molecule has 0 bridgehead atoms. The highest BCUT2D eigenvalue weighted by molar-refractivity contribution is 9.10. The molecule has 0 heterocycles. The lowest BCUT2D eigenvalue weighted by Gasteiger charge is -2.27. The topological polar surface area (TPSA) is 46.5 Å². The van der Waals surface area contributed by atoms with Crippen molar-refractivity contribution in [2.45, 2.75) is 38.7 Å². The van der Waals surface area contributed by atoms with E-state index in [9.17, 15) is 4.79 Å². The van der Waals surface area contributed by atoms with Crippen molar-refractivity contribution in [3.8, 4) is 5.75 Å². The number of benzene rings is 1. The van der Waals surface area contributed by atoms with Crippen molar-refractivity contribution in [1.29, 1.82) is 0 Å². The summed E-state index contributed by atoms with van der Waals surface area (Å²) in [6, 6.07) is 5.13. The van der Waals surface area contributed by atoms with Crippen LogP contribution in [-0.4, -0.2) is 17.2 Å². The molecular weight excluding hydrogens is 296 g/mol. The van der Waals surface area contributed by atoms with Gasteiger partial charge in [-0.2, -0.15) is 0 Å². The lowest BCUT2D eigenvalue weighted by Crippen LogP contribution is -2.24. The number of hydrogen-bond acceptors (Lipinski definition) is 2. The monoisotopic (exact) mass is 312 g/mol. The molecule has 1 aromatic rings. The van der Waals surface area contributed by atoms with Gasteiger partial charge in [-0.25, -0.2) is 4.79 Å². The SMILES string of the molecule is CC1CCCC(Oc2ccc(Br)c(C(=O)O)c2)C1. The van der Waals surface area contributed by atoms with E-state index in [-0.39, 0.29) is 11.7 Å². The summed E-state index contributed by atoms with van der Waals surface area (Å²) in [6.07, 6.45) is 4.78. The van der Waals surface area contributed by atoms with E-state index in [1.54, 1.807) is 12.1 Å². The van der Waals surface area contributed by atoms with Gasteiger partial charge in [0, 0.05) is 4.47 Å². The smallest absolute Gasteiger partial charge is 0.336 e. The van der Waals surface area contributed by atoms with Crippen LogP contribution >= 0.6 is 15.9 Å². The highest BCUT2D eigenvalue weighted by atomic mass is 79.9. The largest absolute Gasteiger partial charge is 0.490 e. The van der Waals surface area contributed by atoms with Crippen LogP contribution in [0.4, 0.5) is 0 Å². The summed E-state index contributed by atoms with van der Waals surface area (Å²) in [5, 5.41) is 9.05. The van der Waals surface area contributed by atoms with E-state index in [2.05, 4.69) is 22.9 Å². The second-order valence-electron chi connectivity index (χ2n) is 4.96. The van der Waals surface area contributed by atoms with Gasteiger partial charge in [0.15, 0.2) is 0 Å². The summed E-state index contributed by atoms with van der Waals surface area (Å²) in [4.78, 5) is 11.0. The van der Waals surface area contributed by atoms with Gasteiger partial charge in [0.05, 0.1) is 11.7 Å². The number of carboxylic acid groups (broad SMARTS) is 1. The van der Waals surface area contributed by atoms with E-state index < -0.39 is 5.97 Å². The van der Waals surface area contributed by atoms with Crippen molar-refractivity contribution in [2.24, 2.45) is 5.92 Å². The number of carbonyl (C=O) groups is 1. The molecule has 18 heavy (non-hydrogen) atoms. The second kappa shape index (κ2) is 5.74. The van der Waals surface area contributed by atoms with Crippen LogP contribution in [0, 0.1) is 5.92 Å². The zero-order chi connectivity index (χ0) is 13.1. The minimum Gasteiger partial charge on any atom is -0.490 e. The van der Waals surface area contributed by atoms with Gasteiger partial charge in [-0.05, 0) is 59.3 Å². The summed E-state index contributed by atoms with van der Waals surface area (Å²) in [7, 11) is 0. The first kappa shape index (κ1) is 13.4. The third-order valence-electron chi connectivity index (χ3n) is 3.36. The number of carboxylic acids is 1. The summed E-state index contributed by atoms with van der Waals surface area (Å²) < 4.78 is 6.47. The van der Waals surface area contributed by atoms with Gasteiger partial charge in [0.2, 0.25) is 0 Å². The molecular formula is C14H17BrO3. The van der Waals surface area contributed by atoms with Crippen LogP contribution in [0.5, 0.6) is 5.75 Å². The molecule has 1 aliphatic carbocycles. The Balaban J connectivity index is 2.09. The van der Waals surface area contributed by atoms with Crippen molar-refractivity contribution in [1.82, 2.24) is 0 Å². The van der Waals surface area contributed by atoms with E-state index in [0.29, 0.717) is 16.1 Å². The predicted molar refractivity (Wildman–Crippen MR) is 73.1 cm³/mol. The molecule has 98 valence electrons. The fraction of sp³-hybridized carbons (Fsp3) is 0.500. The van der Waals surface area contributed by atoms with Gasteiger partial charge < -0.3 is 9.84 Å². The Hall–Kier alpha value is -1.03. The van der Waals surface area contributed by atoms with Crippen LogP contribution in [0.2, 0.25) is 0 Å². The Morgan fingerprint density at radius 2 is 2.22 bits per heavy atom. The maximum Gasteiger partial charge on any atom is 0.336 e. The van der Waals surface area contributed by atoms with E-state index in [4.69, 9.17) is 9.84 Å². The van der Waals surface area contributed by atoms with Crippen molar-refractivity contribution in [3.05, 3.63) is 28.2 Å². The molecule has 0 aromatic heterocycles. The van der Waals surface area contributed by atoms with Gasteiger partial charge in [-0.1, -0.05) is 13.3 Å². The minimum absolute atomic E-state index is 0.219. The van der Waals surface area contributed by atoms with Crippen molar-refractivity contribution < 1.29 is 14.6 Å². The molecule has 1 N–H and O–H groups in total. The molecule has 0 saturated heterocycles. The maximum atomic E-state index is 11.0. The third kappa shape index (κ3) is 3.25. The van der Waals surface area contributed by atoms with Gasteiger partial charge in [0.25, 0.3) is 0 Å². The lowest BCUT2D eigenvalue weighted by atomic mass is 9.89. The third-order valence-corrected chi connectivity index (χ3v) is 4.05. The number of rotatable bonds is 3. The fourth-order valence-corrected chi connectivity index (χ4v) is 2.84. The molecule has 4 heteroatoms. The van der Waals surface area contributed by atoms with Crippen molar-refractivity contribution in [3.63, 3.8) is 0 Å². The van der Waals surface area contributed by atoms with E-state index >= 15 is 0 Å². The number of hydrogen-bond donors (Lipinski definition) is 1. The Morgan fingerprint density at radius 1 is 1.44 bits per heavy atom. The average molecular weight is 313 g/mol. The summed E-state index contributed by atoms with van der Waals surface area (Å²) in [6.45, 7) is 2.24. The molecule has 0 amide bonds. The summed E-state index contributed by atoms with van der Waals surface area (Å²) in [5.41, 5.74) is 0.247. The van der Waals surface area contributed by atoms with Gasteiger partial charge in [-0.15, -0.1) is 0 Å². The fourth-order valence-electron chi connectivity index (χ4n) is 2.42. The van der Waals surface area contributed by atoms with E-state index in [0.717, 1.165) is 12.8 Å². The standard InChI is InChI=1S/C14H17BrO3/c1-9-3-2-4-10(7-9)18-11-5-6-13(15)12(8-11)14(16)17/h5-6,8-10H,2-4,7H2,1H3,(H,16,17). The maximum absolute atomic E-state index is 11.0.